The second-order valence-electron chi connectivity index (χ2n) is 7.89. The predicted molar refractivity (Wildman–Crippen MR) is 111 cm³/mol. The van der Waals surface area contributed by atoms with Gasteiger partial charge in [0.1, 0.15) is 17.5 Å². The lowest BCUT2D eigenvalue weighted by atomic mass is 9.79. The summed E-state index contributed by atoms with van der Waals surface area (Å²) in [7, 11) is 0. The van der Waals surface area contributed by atoms with Crippen LogP contribution in [0.2, 0.25) is 0 Å². The van der Waals surface area contributed by atoms with Crippen molar-refractivity contribution in [3.8, 4) is 0 Å². The predicted octanol–water partition coefficient (Wildman–Crippen LogP) is 5.00. The molecule has 5 heteroatoms. The molecule has 2 aliphatic rings. The molecule has 0 aromatic heterocycles. The van der Waals surface area contributed by atoms with Crippen LogP contribution in [0.4, 0.5) is 0 Å². The standard InChI is InChI=1S/C22H32O4S/c1-15-8-6-9-16(2)12-19(23)18-13-20(26-21(24)17(18)3)22(4,11-7-10-15)25-14-27-5/h9-10,18,20H,3,6-8,11-14H2,1-2,4-5H3. The van der Waals surface area contributed by atoms with E-state index in [1.54, 1.807) is 11.8 Å². The third kappa shape index (κ3) is 5.82. The van der Waals surface area contributed by atoms with Gasteiger partial charge < -0.3 is 9.47 Å². The minimum Gasteiger partial charge on any atom is -0.456 e. The lowest BCUT2D eigenvalue weighted by Gasteiger charge is -2.41. The molecule has 0 radical (unpaired) electrons. The van der Waals surface area contributed by atoms with Crippen molar-refractivity contribution >= 4 is 23.5 Å². The zero-order chi connectivity index (χ0) is 20.0. The summed E-state index contributed by atoms with van der Waals surface area (Å²) in [5.41, 5.74) is 2.04. The van der Waals surface area contributed by atoms with Crippen molar-refractivity contribution in [2.75, 3.05) is 12.2 Å². The molecule has 150 valence electrons. The van der Waals surface area contributed by atoms with E-state index in [2.05, 4.69) is 25.7 Å². The number of ether oxygens (including phenoxy) is 2. The highest BCUT2D eigenvalue weighted by molar-refractivity contribution is 7.98. The van der Waals surface area contributed by atoms with E-state index in [0.29, 0.717) is 18.8 Å². The molecule has 1 heterocycles. The summed E-state index contributed by atoms with van der Waals surface area (Å²) in [6, 6.07) is 0. The van der Waals surface area contributed by atoms with Gasteiger partial charge in [-0.05, 0) is 52.7 Å². The van der Waals surface area contributed by atoms with Crippen molar-refractivity contribution in [1.82, 2.24) is 0 Å². The summed E-state index contributed by atoms with van der Waals surface area (Å²) in [5.74, 6) is -0.387. The van der Waals surface area contributed by atoms with Crippen LogP contribution in [0.25, 0.3) is 0 Å². The molecule has 27 heavy (non-hydrogen) atoms. The maximum atomic E-state index is 12.9. The largest absolute Gasteiger partial charge is 0.456 e. The second kappa shape index (κ2) is 9.74. The van der Waals surface area contributed by atoms with Crippen LogP contribution in [0.1, 0.15) is 59.3 Å². The minimum absolute atomic E-state index is 0.0481. The number of ketones is 1. The molecular formula is C22H32O4S. The van der Waals surface area contributed by atoms with Crippen LogP contribution in [0.15, 0.2) is 35.5 Å². The molecule has 1 aliphatic heterocycles. The first-order chi connectivity index (χ1) is 12.8. The Morgan fingerprint density at radius 3 is 2.67 bits per heavy atom. The van der Waals surface area contributed by atoms with Crippen LogP contribution in [0, 0.1) is 5.92 Å². The summed E-state index contributed by atoms with van der Waals surface area (Å²) < 4.78 is 11.8. The molecule has 0 spiro atoms. The molecule has 0 aromatic rings. The van der Waals surface area contributed by atoms with Crippen molar-refractivity contribution in [3.63, 3.8) is 0 Å². The fourth-order valence-corrected chi connectivity index (χ4v) is 4.08. The fourth-order valence-electron chi connectivity index (χ4n) is 3.69. The molecule has 0 N–H and O–H groups in total. The number of hydrogen-bond donors (Lipinski definition) is 0. The number of hydrogen-bond acceptors (Lipinski definition) is 5. The van der Waals surface area contributed by atoms with Crippen LogP contribution in [0.5, 0.6) is 0 Å². The molecule has 2 bridgehead atoms. The number of rotatable bonds is 3. The topological polar surface area (TPSA) is 52.6 Å². The highest BCUT2D eigenvalue weighted by Crippen LogP contribution is 2.37. The van der Waals surface area contributed by atoms with E-state index in [1.807, 2.05) is 20.1 Å². The average Bonchev–Trinajstić information content (AvgIpc) is 2.61. The molecule has 1 fully saturated rings. The SMILES string of the molecule is C=C1C(=O)OC2CC1C(=O)CC(C)=CCCC(C)=CCCC2(C)OCSC. The van der Waals surface area contributed by atoms with Crippen LogP contribution in [-0.2, 0) is 19.1 Å². The van der Waals surface area contributed by atoms with Gasteiger partial charge in [0.2, 0.25) is 0 Å². The van der Waals surface area contributed by atoms with Gasteiger partial charge in [-0.15, -0.1) is 11.8 Å². The summed E-state index contributed by atoms with van der Waals surface area (Å²) in [5, 5.41) is 0. The van der Waals surface area contributed by atoms with Gasteiger partial charge in [-0.2, -0.15) is 0 Å². The molecule has 3 unspecified atom stereocenters. The molecule has 1 aliphatic carbocycles. The first kappa shape index (κ1) is 22.0. The Bertz CT molecular complexity index is 649. The average molecular weight is 393 g/mol. The second-order valence-corrected chi connectivity index (χ2v) is 8.71. The highest BCUT2D eigenvalue weighted by Gasteiger charge is 2.45. The maximum Gasteiger partial charge on any atom is 0.334 e. The number of allylic oxidation sites excluding steroid dienone is 4. The van der Waals surface area contributed by atoms with E-state index in [1.165, 1.54) is 5.57 Å². The van der Waals surface area contributed by atoms with Gasteiger partial charge in [-0.3, -0.25) is 4.79 Å². The Labute approximate surface area is 167 Å². The summed E-state index contributed by atoms with van der Waals surface area (Å²) in [6.07, 6.45) is 10.2. The van der Waals surface area contributed by atoms with Gasteiger partial charge >= 0.3 is 5.97 Å². The number of carbonyl (C=O) groups is 2. The van der Waals surface area contributed by atoms with E-state index < -0.39 is 23.6 Å². The lowest BCUT2D eigenvalue weighted by molar-refractivity contribution is -0.175. The monoisotopic (exact) mass is 392 g/mol. The van der Waals surface area contributed by atoms with Crippen LogP contribution in [-0.4, -0.2) is 35.7 Å². The number of carbonyl (C=O) groups excluding carboxylic acids is 2. The van der Waals surface area contributed by atoms with Gasteiger partial charge in [-0.25, -0.2) is 4.79 Å². The van der Waals surface area contributed by atoms with Crippen LogP contribution in [0.3, 0.4) is 0 Å². The number of fused-ring (bicyclic) bond motifs is 2. The molecular weight excluding hydrogens is 360 g/mol. The minimum atomic E-state index is -0.621. The van der Waals surface area contributed by atoms with Crippen LogP contribution < -0.4 is 0 Å². The smallest absolute Gasteiger partial charge is 0.334 e. The molecule has 4 nitrogen and oxygen atoms in total. The van der Waals surface area contributed by atoms with E-state index >= 15 is 0 Å². The van der Waals surface area contributed by atoms with Crippen molar-refractivity contribution in [1.29, 1.82) is 0 Å². The molecule has 3 atom stereocenters. The van der Waals surface area contributed by atoms with E-state index in [4.69, 9.17) is 9.47 Å². The van der Waals surface area contributed by atoms with Gasteiger partial charge in [0, 0.05) is 18.4 Å². The number of esters is 1. The van der Waals surface area contributed by atoms with E-state index in [0.717, 1.165) is 31.3 Å². The van der Waals surface area contributed by atoms with E-state index in [9.17, 15) is 9.59 Å². The highest BCUT2D eigenvalue weighted by atomic mass is 32.2. The molecule has 2 rings (SSSR count). The Balaban J connectivity index is 2.35. The fraction of sp³-hybridized carbons (Fsp3) is 0.636. The Hall–Kier alpha value is -1.33. The first-order valence-corrected chi connectivity index (χ1v) is 11.0. The zero-order valence-electron chi connectivity index (χ0n) is 17.0. The summed E-state index contributed by atoms with van der Waals surface area (Å²) >= 11 is 1.59. The quantitative estimate of drug-likeness (QED) is 0.293. The Kier molecular flexibility index (Phi) is 7.92. The summed E-state index contributed by atoms with van der Waals surface area (Å²) in [6.45, 7) is 9.96. The van der Waals surface area contributed by atoms with Gasteiger partial charge in [0.05, 0.1) is 11.9 Å². The normalized spacial score (nSPS) is 30.9. The Morgan fingerprint density at radius 1 is 1.26 bits per heavy atom. The molecule has 0 amide bonds. The van der Waals surface area contributed by atoms with Crippen LogP contribution >= 0.6 is 11.8 Å². The first-order valence-electron chi connectivity index (χ1n) is 9.63. The number of Topliss-reactive ketones (excluding diaryl/α,β-unsaturated/α-hetero) is 1. The third-order valence-corrected chi connectivity index (χ3v) is 5.93. The third-order valence-electron chi connectivity index (χ3n) is 5.58. The van der Waals surface area contributed by atoms with Crippen molar-refractivity contribution in [3.05, 3.63) is 35.5 Å². The Morgan fingerprint density at radius 2 is 1.96 bits per heavy atom. The van der Waals surface area contributed by atoms with Gasteiger partial charge in [-0.1, -0.05) is 29.9 Å². The lowest BCUT2D eigenvalue weighted by Crippen LogP contribution is -2.50. The molecule has 1 saturated heterocycles. The number of thioether (sulfide) groups is 1. The molecule has 0 saturated carbocycles. The molecule has 0 aromatic carbocycles. The zero-order valence-corrected chi connectivity index (χ0v) is 17.8. The van der Waals surface area contributed by atoms with Crippen molar-refractivity contribution in [2.45, 2.75) is 71.0 Å². The van der Waals surface area contributed by atoms with Gasteiger partial charge in [0.25, 0.3) is 0 Å². The van der Waals surface area contributed by atoms with Crippen molar-refractivity contribution < 1.29 is 19.1 Å². The summed E-state index contributed by atoms with van der Waals surface area (Å²) in [4.78, 5) is 25.3. The maximum absolute atomic E-state index is 12.9. The van der Waals surface area contributed by atoms with E-state index in [-0.39, 0.29) is 11.4 Å². The van der Waals surface area contributed by atoms with Crippen molar-refractivity contribution in [2.24, 2.45) is 5.92 Å². The van der Waals surface area contributed by atoms with Gasteiger partial charge in [0.15, 0.2) is 0 Å².